The van der Waals surface area contributed by atoms with Crippen LogP contribution in [0.25, 0.3) is 0 Å². The Labute approximate surface area is 99.3 Å². The van der Waals surface area contributed by atoms with Gasteiger partial charge in [-0.2, -0.15) is 0 Å². The molecule has 0 aliphatic rings. The average Bonchev–Trinajstić information content (AvgIpc) is 2.76. The van der Waals surface area contributed by atoms with Crippen LogP contribution in [-0.4, -0.2) is 4.98 Å². The lowest BCUT2D eigenvalue weighted by Gasteiger charge is -2.05. The first kappa shape index (κ1) is 11.1. The number of benzene rings is 1. The summed E-state index contributed by atoms with van der Waals surface area (Å²) in [6, 6.07) is 8.34. The van der Waals surface area contributed by atoms with Crippen molar-refractivity contribution in [3.63, 3.8) is 0 Å². The van der Waals surface area contributed by atoms with Gasteiger partial charge in [0.15, 0.2) is 5.13 Å². The van der Waals surface area contributed by atoms with E-state index < -0.39 is 0 Å². The normalized spacial score (nSPS) is 10.4. The van der Waals surface area contributed by atoms with Gasteiger partial charge in [0.05, 0.1) is 0 Å². The van der Waals surface area contributed by atoms with E-state index in [0.29, 0.717) is 6.54 Å². The molecule has 0 radical (unpaired) electrons. The molecule has 1 aromatic carbocycles. The van der Waals surface area contributed by atoms with E-state index in [1.165, 1.54) is 11.1 Å². The van der Waals surface area contributed by atoms with Crippen molar-refractivity contribution in [2.45, 2.75) is 20.0 Å². The summed E-state index contributed by atoms with van der Waals surface area (Å²) in [5.41, 5.74) is 8.13. The van der Waals surface area contributed by atoms with Crippen molar-refractivity contribution in [1.29, 1.82) is 0 Å². The highest BCUT2D eigenvalue weighted by Gasteiger charge is 2.01. The van der Waals surface area contributed by atoms with Crippen LogP contribution in [0.2, 0.25) is 0 Å². The summed E-state index contributed by atoms with van der Waals surface area (Å²) >= 11 is 1.61. The van der Waals surface area contributed by atoms with Crippen LogP contribution in [0.3, 0.4) is 0 Å². The number of anilines is 1. The maximum atomic E-state index is 5.54. The minimum Gasteiger partial charge on any atom is -0.357 e. The molecule has 0 spiro atoms. The lowest BCUT2D eigenvalue weighted by atomic mass is 10.1. The van der Waals surface area contributed by atoms with E-state index in [-0.39, 0.29) is 0 Å². The molecule has 1 aromatic heterocycles. The Balaban J connectivity index is 1.99. The second-order valence-electron chi connectivity index (χ2n) is 3.62. The molecule has 0 aliphatic heterocycles. The molecule has 0 amide bonds. The summed E-state index contributed by atoms with van der Waals surface area (Å²) in [6.07, 6.45) is 1.82. The molecule has 16 heavy (non-hydrogen) atoms. The summed E-state index contributed by atoms with van der Waals surface area (Å²) in [5.74, 6) is 0. The van der Waals surface area contributed by atoms with E-state index in [1.807, 2.05) is 6.20 Å². The van der Waals surface area contributed by atoms with Crippen LogP contribution in [0.1, 0.15) is 16.0 Å². The summed E-state index contributed by atoms with van der Waals surface area (Å²) < 4.78 is 0. The SMILES string of the molecule is Cc1ccccc1CNc1ncc(CN)s1. The Morgan fingerprint density at radius 1 is 1.38 bits per heavy atom. The van der Waals surface area contributed by atoms with E-state index in [9.17, 15) is 0 Å². The molecule has 2 rings (SSSR count). The minimum absolute atomic E-state index is 0.559. The third-order valence-corrected chi connectivity index (χ3v) is 3.42. The quantitative estimate of drug-likeness (QED) is 0.853. The van der Waals surface area contributed by atoms with Gasteiger partial charge in [-0.05, 0) is 18.1 Å². The van der Waals surface area contributed by atoms with Crippen molar-refractivity contribution in [3.05, 3.63) is 46.5 Å². The highest BCUT2D eigenvalue weighted by molar-refractivity contribution is 7.15. The topological polar surface area (TPSA) is 50.9 Å². The minimum atomic E-state index is 0.559. The standard InChI is InChI=1S/C12H15N3S/c1-9-4-2-3-5-10(9)7-14-12-15-8-11(6-13)16-12/h2-5,8H,6-7,13H2,1H3,(H,14,15). The number of hydrogen-bond donors (Lipinski definition) is 2. The van der Waals surface area contributed by atoms with Gasteiger partial charge in [-0.15, -0.1) is 11.3 Å². The average molecular weight is 233 g/mol. The van der Waals surface area contributed by atoms with Crippen LogP contribution in [0.5, 0.6) is 0 Å². The Kier molecular flexibility index (Phi) is 3.54. The monoisotopic (exact) mass is 233 g/mol. The van der Waals surface area contributed by atoms with Gasteiger partial charge < -0.3 is 11.1 Å². The molecular formula is C12H15N3S. The molecule has 0 fully saturated rings. The van der Waals surface area contributed by atoms with E-state index in [1.54, 1.807) is 11.3 Å². The van der Waals surface area contributed by atoms with Gasteiger partial charge in [-0.3, -0.25) is 0 Å². The molecule has 3 nitrogen and oxygen atoms in total. The van der Waals surface area contributed by atoms with Crippen LogP contribution < -0.4 is 11.1 Å². The van der Waals surface area contributed by atoms with Crippen LogP contribution in [0, 0.1) is 6.92 Å². The fourth-order valence-electron chi connectivity index (χ4n) is 1.46. The van der Waals surface area contributed by atoms with Crippen molar-refractivity contribution in [2.24, 2.45) is 5.73 Å². The first-order valence-electron chi connectivity index (χ1n) is 5.22. The fourth-order valence-corrected chi connectivity index (χ4v) is 2.15. The zero-order valence-electron chi connectivity index (χ0n) is 9.23. The van der Waals surface area contributed by atoms with Gasteiger partial charge in [0, 0.05) is 24.2 Å². The number of nitrogens with one attached hydrogen (secondary N) is 1. The third-order valence-electron chi connectivity index (χ3n) is 2.45. The van der Waals surface area contributed by atoms with Crippen molar-refractivity contribution < 1.29 is 0 Å². The maximum absolute atomic E-state index is 5.54. The van der Waals surface area contributed by atoms with Gasteiger partial charge in [-0.25, -0.2) is 4.98 Å². The molecule has 4 heteroatoms. The maximum Gasteiger partial charge on any atom is 0.183 e. The van der Waals surface area contributed by atoms with Gasteiger partial charge in [-0.1, -0.05) is 24.3 Å². The first-order chi connectivity index (χ1) is 7.79. The molecule has 0 aliphatic carbocycles. The summed E-state index contributed by atoms with van der Waals surface area (Å²) in [4.78, 5) is 5.36. The van der Waals surface area contributed by atoms with Crippen molar-refractivity contribution in [1.82, 2.24) is 4.98 Å². The molecule has 84 valence electrons. The van der Waals surface area contributed by atoms with Crippen LogP contribution in [0.15, 0.2) is 30.5 Å². The predicted octanol–water partition coefficient (Wildman–Crippen LogP) is 2.52. The van der Waals surface area contributed by atoms with Crippen LogP contribution >= 0.6 is 11.3 Å². The molecule has 2 aromatic rings. The summed E-state index contributed by atoms with van der Waals surface area (Å²) in [6.45, 7) is 3.48. The number of rotatable bonds is 4. The van der Waals surface area contributed by atoms with Crippen LogP contribution in [-0.2, 0) is 13.1 Å². The third kappa shape index (κ3) is 2.59. The van der Waals surface area contributed by atoms with Crippen LogP contribution in [0.4, 0.5) is 5.13 Å². The number of thiazole rings is 1. The number of nitrogens with two attached hydrogens (primary N) is 1. The molecule has 0 atom stereocenters. The molecular weight excluding hydrogens is 218 g/mol. The second-order valence-corrected chi connectivity index (χ2v) is 4.73. The molecule has 0 unspecified atom stereocenters. The van der Waals surface area contributed by atoms with E-state index in [0.717, 1.165) is 16.6 Å². The number of aryl methyl sites for hydroxylation is 1. The van der Waals surface area contributed by atoms with E-state index >= 15 is 0 Å². The Morgan fingerprint density at radius 3 is 2.88 bits per heavy atom. The number of hydrogen-bond acceptors (Lipinski definition) is 4. The van der Waals surface area contributed by atoms with Gasteiger partial charge in [0.2, 0.25) is 0 Å². The molecule has 0 saturated carbocycles. The van der Waals surface area contributed by atoms with E-state index in [4.69, 9.17) is 5.73 Å². The fraction of sp³-hybridized carbons (Fsp3) is 0.250. The zero-order chi connectivity index (χ0) is 11.4. The molecule has 3 N–H and O–H groups in total. The lowest BCUT2D eigenvalue weighted by Crippen LogP contribution is -2.00. The first-order valence-corrected chi connectivity index (χ1v) is 6.04. The second kappa shape index (κ2) is 5.09. The van der Waals surface area contributed by atoms with Crippen molar-refractivity contribution >= 4 is 16.5 Å². The Hall–Kier alpha value is -1.39. The van der Waals surface area contributed by atoms with Gasteiger partial charge in [0.1, 0.15) is 0 Å². The molecule has 0 bridgehead atoms. The van der Waals surface area contributed by atoms with E-state index in [2.05, 4.69) is 41.5 Å². The number of nitrogens with zero attached hydrogens (tertiary/aromatic N) is 1. The predicted molar refractivity (Wildman–Crippen MR) is 68.5 cm³/mol. The lowest BCUT2D eigenvalue weighted by molar-refractivity contribution is 1.09. The van der Waals surface area contributed by atoms with Gasteiger partial charge >= 0.3 is 0 Å². The summed E-state index contributed by atoms with van der Waals surface area (Å²) in [5, 5.41) is 4.24. The molecule has 0 saturated heterocycles. The zero-order valence-corrected chi connectivity index (χ0v) is 10.1. The Bertz CT molecular complexity index is 465. The highest BCUT2D eigenvalue weighted by atomic mass is 32.1. The highest BCUT2D eigenvalue weighted by Crippen LogP contribution is 2.18. The Morgan fingerprint density at radius 2 is 2.19 bits per heavy atom. The number of aromatic nitrogens is 1. The molecule has 1 heterocycles. The van der Waals surface area contributed by atoms with Crippen molar-refractivity contribution in [2.75, 3.05) is 5.32 Å². The largest absolute Gasteiger partial charge is 0.357 e. The van der Waals surface area contributed by atoms with Crippen molar-refractivity contribution in [3.8, 4) is 0 Å². The smallest absolute Gasteiger partial charge is 0.183 e. The van der Waals surface area contributed by atoms with Gasteiger partial charge in [0.25, 0.3) is 0 Å². The summed E-state index contributed by atoms with van der Waals surface area (Å²) in [7, 11) is 0.